The number of aromatic nitrogens is 1. The molecule has 0 saturated carbocycles. The maximum atomic E-state index is 12.2. The number of rotatable bonds is 3. The number of nitrogens with zero attached hydrogens (tertiary/aromatic N) is 1. The molecule has 0 radical (unpaired) electrons. The fourth-order valence-corrected chi connectivity index (χ4v) is 3.06. The highest BCUT2D eigenvalue weighted by Crippen LogP contribution is 2.38. The van der Waals surface area contributed by atoms with Gasteiger partial charge in [-0.15, -0.1) is 0 Å². The van der Waals surface area contributed by atoms with Gasteiger partial charge in [-0.3, -0.25) is 0 Å². The van der Waals surface area contributed by atoms with Gasteiger partial charge in [0.05, 0.1) is 26.0 Å². The molecule has 1 saturated heterocycles. The van der Waals surface area contributed by atoms with Crippen LogP contribution in [0.5, 0.6) is 0 Å². The quantitative estimate of drug-likeness (QED) is 0.875. The summed E-state index contributed by atoms with van der Waals surface area (Å²) in [5, 5.41) is 0.683. The van der Waals surface area contributed by atoms with E-state index in [-0.39, 0.29) is 5.97 Å². The summed E-state index contributed by atoms with van der Waals surface area (Å²) in [4.78, 5) is 17.5. The second kappa shape index (κ2) is 6.64. The summed E-state index contributed by atoms with van der Waals surface area (Å²) in [6.45, 7) is 4.72. The minimum Gasteiger partial charge on any atom is -0.464 e. The minimum atomic E-state index is -0.366. The summed E-state index contributed by atoms with van der Waals surface area (Å²) in [7, 11) is 1.39. The summed E-state index contributed by atoms with van der Waals surface area (Å²) in [6.07, 6.45) is 0. The SMILES string of the molecule is COC(=O)c1[nH]c(C)c(-c2ccc(Cl)cc2)c1N1CCOCC1. The number of halogens is 1. The van der Waals surface area contributed by atoms with Gasteiger partial charge in [0.2, 0.25) is 0 Å². The smallest absolute Gasteiger partial charge is 0.356 e. The number of methoxy groups -OCH3 is 1. The number of nitrogens with one attached hydrogen (secondary N) is 1. The van der Waals surface area contributed by atoms with Crippen molar-refractivity contribution >= 4 is 23.3 Å². The number of esters is 1. The fraction of sp³-hybridized carbons (Fsp3) is 0.353. The van der Waals surface area contributed by atoms with Crippen LogP contribution in [-0.4, -0.2) is 44.4 Å². The topological polar surface area (TPSA) is 54.6 Å². The molecular formula is C17H19ClN2O3. The molecule has 1 aliphatic rings. The van der Waals surface area contributed by atoms with Gasteiger partial charge >= 0.3 is 5.97 Å². The van der Waals surface area contributed by atoms with Crippen molar-refractivity contribution in [1.82, 2.24) is 4.98 Å². The number of anilines is 1. The Labute approximate surface area is 140 Å². The summed E-state index contributed by atoms with van der Waals surface area (Å²) in [5.41, 5.74) is 4.30. The lowest BCUT2D eigenvalue weighted by molar-refractivity contribution is 0.0594. The Morgan fingerprint density at radius 3 is 2.52 bits per heavy atom. The van der Waals surface area contributed by atoms with E-state index in [0.717, 1.165) is 35.6 Å². The number of hydrogen-bond donors (Lipinski definition) is 1. The van der Waals surface area contributed by atoms with Crippen molar-refractivity contribution in [2.24, 2.45) is 0 Å². The summed E-state index contributed by atoms with van der Waals surface area (Å²) >= 11 is 6.00. The van der Waals surface area contributed by atoms with E-state index in [2.05, 4.69) is 9.88 Å². The van der Waals surface area contributed by atoms with Crippen molar-refractivity contribution in [3.63, 3.8) is 0 Å². The van der Waals surface area contributed by atoms with E-state index in [1.165, 1.54) is 7.11 Å². The fourth-order valence-electron chi connectivity index (χ4n) is 2.93. The molecule has 0 amide bonds. The predicted molar refractivity (Wildman–Crippen MR) is 90.3 cm³/mol. The first-order valence-corrected chi connectivity index (χ1v) is 7.89. The molecule has 1 aliphatic heterocycles. The highest BCUT2D eigenvalue weighted by atomic mass is 35.5. The molecule has 3 rings (SSSR count). The number of H-pyrrole nitrogens is 1. The number of benzene rings is 1. The largest absolute Gasteiger partial charge is 0.464 e. The first-order chi connectivity index (χ1) is 11.1. The molecule has 122 valence electrons. The van der Waals surface area contributed by atoms with E-state index in [1.807, 2.05) is 31.2 Å². The number of morpholine rings is 1. The average molecular weight is 335 g/mol. The Morgan fingerprint density at radius 1 is 1.26 bits per heavy atom. The molecule has 1 N–H and O–H groups in total. The Hall–Kier alpha value is -1.98. The Morgan fingerprint density at radius 2 is 1.91 bits per heavy atom. The van der Waals surface area contributed by atoms with Gasteiger partial charge in [-0.2, -0.15) is 0 Å². The molecule has 1 aromatic carbocycles. The zero-order chi connectivity index (χ0) is 16.4. The zero-order valence-corrected chi connectivity index (χ0v) is 13.9. The van der Waals surface area contributed by atoms with Crippen LogP contribution in [0, 0.1) is 6.92 Å². The lowest BCUT2D eigenvalue weighted by Crippen LogP contribution is -2.37. The van der Waals surface area contributed by atoms with E-state index >= 15 is 0 Å². The van der Waals surface area contributed by atoms with Crippen LogP contribution in [0.4, 0.5) is 5.69 Å². The van der Waals surface area contributed by atoms with Crippen LogP contribution in [0.15, 0.2) is 24.3 Å². The third kappa shape index (κ3) is 3.07. The van der Waals surface area contributed by atoms with E-state index < -0.39 is 0 Å². The number of aryl methyl sites for hydroxylation is 1. The molecule has 2 aromatic rings. The molecule has 0 bridgehead atoms. The molecule has 0 spiro atoms. The van der Waals surface area contributed by atoms with Gasteiger partial charge in [-0.25, -0.2) is 4.79 Å². The summed E-state index contributed by atoms with van der Waals surface area (Å²) in [6, 6.07) is 7.63. The molecule has 0 unspecified atom stereocenters. The Kier molecular flexibility index (Phi) is 4.59. The van der Waals surface area contributed by atoms with Gasteiger partial charge in [-0.05, 0) is 24.6 Å². The molecule has 1 aromatic heterocycles. The molecule has 6 heteroatoms. The van der Waals surface area contributed by atoms with E-state index in [9.17, 15) is 4.79 Å². The number of carbonyl (C=O) groups is 1. The molecule has 1 fully saturated rings. The zero-order valence-electron chi connectivity index (χ0n) is 13.2. The van der Waals surface area contributed by atoms with E-state index in [4.69, 9.17) is 21.1 Å². The van der Waals surface area contributed by atoms with Crippen molar-refractivity contribution in [2.75, 3.05) is 38.3 Å². The molecule has 0 atom stereocenters. The van der Waals surface area contributed by atoms with Gasteiger partial charge in [0.15, 0.2) is 0 Å². The lowest BCUT2D eigenvalue weighted by Gasteiger charge is -2.30. The van der Waals surface area contributed by atoms with Crippen LogP contribution >= 0.6 is 11.6 Å². The minimum absolute atomic E-state index is 0.366. The second-order valence-electron chi connectivity index (χ2n) is 5.45. The van der Waals surface area contributed by atoms with Crippen molar-refractivity contribution < 1.29 is 14.3 Å². The third-order valence-electron chi connectivity index (χ3n) is 4.01. The van der Waals surface area contributed by atoms with Gasteiger partial charge in [0, 0.05) is 29.4 Å². The van der Waals surface area contributed by atoms with Gasteiger partial charge in [0.25, 0.3) is 0 Å². The number of hydrogen-bond acceptors (Lipinski definition) is 4. The second-order valence-corrected chi connectivity index (χ2v) is 5.88. The Balaban J connectivity index is 2.15. The summed E-state index contributed by atoms with van der Waals surface area (Å²) in [5.74, 6) is -0.366. The van der Waals surface area contributed by atoms with Crippen LogP contribution in [0.1, 0.15) is 16.2 Å². The maximum Gasteiger partial charge on any atom is 0.356 e. The highest BCUT2D eigenvalue weighted by molar-refractivity contribution is 6.30. The van der Waals surface area contributed by atoms with Gasteiger partial charge < -0.3 is 19.4 Å². The highest BCUT2D eigenvalue weighted by Gasteiger charge is 2.27. The first-order valence-electron chi connectivity index (χ1n) is 7.51. The lowest BCUT2D eigenvalue weighted by atomic mass is 10.0. The van der Waals surface area contributed by atoms with Gasteiger partial charge in [-0.1, -0.05) is 23.7 Å². The third-order valence-corrected chi connectivity index (χ3v) is 4.26. The maximum absolute atomic E-state index is 12.2. The van der Waals surface area contributed by atoms with Crippen LogP contribution in [0.2, 0.25) is 5.02 Å². The van der Waals surface area contributed by atoms with Crippen LogP contribution in [0.25, 0.3) is 11.1 Å². The van der Waals surface area contributed by atoms with Gasteiger partial charge in [0.1, 0.15) is 5.69 Å². The molecule has 2 heterocycles. The standard InChI is InChI=1S/C17H19ClN2O3/c1-11-14(12-3-5-13(18)6-4-12)16(15(19-11)17(21)22-2)20-7-9-23-10-8-20/h3-6,19H,7-10H2,1-2H3. The van der Waals surface area contributed by atoms with Crippen LogP contribution in [0.3, 0.4) is 0 Å². The van der Waals surface area contributed by atoms with Crippen molar-refractivity contribution in [1.29, 1.82) is 0 Å². The predicted octanol–water partition coefficient (Wildman–Crippen LogP) is 3.27. The monoisotopic (exact) mass is 334 g/mol. The molecular weight excluding hydrogens is 316 g/mol. The van der Waals surface area contributed by atoms with E-state index in [1.54, 1.807) is 0 Å². The van der Waals surface area contributed by atoms with Crippen LogP contribution in [-0.2, 0) is 9.47 Å². The van der Waals surface area contributed by atoms with Crippen molar-refractivity contribution in [2.45, 2.75) is 6.92 Å². The number of carbonyl (C=O) groups excluding carboxylic acids is 1. The molecule has 5 nitrogen and oxygen atoms in total. The molecule has 0 aliphatic carbocycles. The first kappa shape index (κ1) is 15.9. The number of aromatic amines is 1. The Bertz CT molecular complexity index is 703. The van der Waals surface area contributed by atoms with Crippen molar-refractivity contribution in [3.05, 3.63) is 40.7 Å². The average Bonchev–Trinajstić information content (AvgIpc) is 2.93. The number of ether oxygens (including phenoxy) is 2. The summed E-state index contributed by atoms with van der Waals surface area (Å²) < 4.78 is 10.4. The van der Waals surface area contributed by atoms with Crippen LogP contribution < -0.4 is 4.90 Å². The molecule has 23 heavy (non-hydrogen) atoms. The normalized spacial score (nSPS) is 14.8. The van der Waals surface area contributed by atoms with Crippen molar-refractivity contribution in [3.8, 4) is 11.1 Å². The van der Waals surface area contributed by atoms with E-state index in [0.29, 0.717) is 23.9 Å².